The van der Waals surface area contributed by atoms with Crippen molar-refractivity contribution >= 4 is 0 Å². The van der Waals surface area contributed by atoms with Crippen molar-refractivity contribution in [2.45, 2.75) is 52.0 Å². The second-order valence-electron chi connectivity index (χ2n) is 6.60. The van der Waals surface area contributed by atoms with E-state index in [1.165, 1.54) is 5.56 Å². The van der Waals surface area contributed by atoms with Crippen molar-refractivity contribution in [1.29, 1.82) is 0 Å². The third-order valence-electron chi connectivity index (χ3n) is 3.64. The van der Waals surface area contributed by atoms with E-state index in [1.54, 1.807) is 7.11 Å². The molecule has 1 aromatic rings. The molecule has 2 rings (SSSR count). The number of hydrogen-bond donors (Lipinski definition) is 0. The number of benzene rings is 1. The van der Waals surface area contributed by atoms with Gasteiger partial charge >= 0.3 is 0 Å². The summed E-state index contributed by atoms with van der Waals surface area (Å²) < 4.78 is 16.9. The molecule has 118 valence electrons. The van der Waals surface area contributed by atoms with E-state index < -0.39 is 0 Å². The molecule has 1 heterocycles. The third kappa shape index (κ3) is 4.70. The monoisotopic (exact) mass is 293 g/mol. The molecule has 1 aliphatic rings. The summed E-state index contributed by atoms with van der Waals surface area (Å²) in [7, 11) is 1.69. The highest BCUT2D eigenvalue weighted by molar-refractivity contribution is 5.27. The summed E-state index contributed by atoms with van der Waals surface area (Å²) in [5.41, 5.74) is 1.13. The van der Waals surface area contributed by atoms with Crippen LogP contribution in [0.1, 0.15) is 33.3 Å². The second kappa shape index (κ2) is 6.77. The zero-order valence-electron chi connectivity index (χ0n) is 13.8. The van der Waals surface area contributed by atoms with Gasteiger partial charge in [-0.2, -0.15) is 0 Å². The van der Waals surface area contributed by atoms with Gasteiger partial charge in [0.15, 0.2) is 0 Å². The summed E-state index contributed by atoms with van der Waals surface area (Å²) in [4.78, 5) is 2.33. The Labute approximate surface area is 128 Å². The zero-order chi connectivity index (χ0) is 15.5. The molecule has 1 saturated heterocycles. The van der Waals surface area contributed by atoms with Crippen molar-refractivity contribution in [3.8, 4) is 5.75 Å². The quantitative estimate of drug-likeness (QED) is 0.835. The van der Waals surface area contributed by atoms with Gasteiger partial charge in [0.2, 0.25) is 0 Å². The number of hydrogen-bond acceptors (Lipinski definition) is 4. The molecule has 0 aliphatic carbocycles. The first kappa shape index (κ1) is 16.3. The SMILES string of the molecule is COc1ccc(CN2COC[C@@H]2[C@@H](C)OC(C)(C)C)cc1. The van der Waals surface area contributed by atoms with Gasteiger partial charge in [-0.3, -0.25) is 4.90 Å². The van der Waals surface area contributed by atoms with Crippen LogP contribution in [-0.4, -0.2) is 43.1 Å². The molecule has 0 saturated carbocycles. The number of ether oxygens (including phenoxy) is 3. The molecule has 0 spiro atoms. The predicted molar refractivity (Wildman–Crippen MR) is 83.4 cm³/mol. The van der Waals surface area contributed by atoms with Crippen LogP contribution in [0.4, 0.5) is 0 Å². The summed E-state index contributed by atoms with van der Waals surface area (Å²) in [6.45, 7) is 10.7. The van der Waals surface area contributed by atoms with Crippen LogP contribution in [0.25, 0.3) is 0 Å². The fraction of sp³-hybridized carbons (Fsp3) is 0.647. The molecular formula is C17H27NO3. The molecule has 0 N–H and O–H groups in total. The Bertz CT molecular complexity index is 438. The van der Waals surface area contributed by atoms with Crippen LogP contribution in [0.3, 0.4) is 0 Å². The Morgan fingerprint density at radius 2 is 1.95 bits per heavy atom. The van der Waals surface area contributed by atoms with Crippen LogP contribution in [-0.2, 0) is 16.0 Å². The average molecular weight is 293 g/mol. The molecule has 0 aromatic heterocycles. The van der Waals surface area contributed by atoms with Crippen LogP contribution in [0.5, 0.6) is 5.75 Å². The van der Waals surface area contributed by atoms with Gasteiger partial charge in [0.25, 0.3) is 0 Å². The number of rotatable bonds is 5. The zero-order valence-corrected chi connectivity index (χ0v) is 13.8. The lowest BCUT2D eigenvalue weighted by Gasteiger charge is -2.32. The first-order valence-corrected chi connectivity index (χ1v) is 7.51. The van der Waals surface area contributed by atoms with Gasteiger partial charge in [-0.25, -0.2) is 0 Å². The second-order valence-corrected chi connectivity index (χ2v) is 6.60. The topological polar surface area (TPSA) is 30.9 Å². The molecule has 0 unspecified atom stereocenters. The molecule has 0 radical (unpaired) electrons. The van der Waals surface area contributed by atoms with Crippen molar-refractivity contribution in [3.63, 3.8) is 0 Å². The van der Waals surface area contributed by atoms with E-state index in [0.29, 0.717) is 12.8 Å². The highest BCUT2D eigenvalue weighted by atomic mass is 16.5. The Hall–Kier alpha value is -1.10. The van der Waals surface area contributed by atoms with E-state index in [0.717, 1.165) is 18.9 Å². The van der Waals surface area contributed by atoms with Gasteiger partial charge in [-0.15, -0.1) is 0 Å². The standard InChI is InChI=1S/C17H27NO3/c1-13(21-17(2,3)4)16-11-20-12-18(16)10-14-6-8-15(19-5)9-7-14/h6-9,13,16H,10-12H2,1-5H3/t13-,16-/m1/s1. The number of methoxy groups -OCH3 is 1. The molecule has 0 bridgehead atoms. The summed E-state index contributed by atoms with van der Waals surface area (Å²) >= 11 is 0. The molecule has 1 aliphatic heterocycles. The van der Waals surface area contributed by atoms with Gasteiger partial charge in [0.1, 0.15) is 5.75 Å². The minimum Gasteiger partial charge on any atom is -0.497 e. The van der Waals surface area contributed by atoms with Gasteiger partial charge in [0, 0.05) is 6.54 Å². The summed E-state index contributed by atoms with van der Waals surface area (Å²) in [5.74, 6) is 0.886. The molecule has 1 aromatic carbocycles. The highest BCUT2D eigenvalue weighted by Crippen LogP contribution is 2.23. The lowest BCUT2D eigenvalue weighted by Crippen LogP contribution is -2.43. The maximum atomic E-state index is 6.08. The van der Waals surface area contributed by atoms with Gasteiger partial charge in [0.05, 0.1) is 38.2 Å². The predicted octanol–water partition coefficient (Wildman–Crippen LogP) is 3.06. The summed E-state index contributed by atoms with van der Waals surface area (Å²) in [5, 5.41) is 0. The maximum Gasteiger partial charge on any atom is 0.118 e. The van der Waals surface area contributed by atoms with Crippen molar-refractivity contribution in [1.82, 2.24) is 4.90 Å². The van der Waals surface area contributed by atoms with Crippen molar-refractivity contribution in [2.24, 2.45) is 0 Å². The molecule has 0 amide bonds. The highest BCUT2D eigenvalue weighted by Gasteiger charge is 2.32. The minimum absolute atomic E-state index is 0.131. The number of nitrogens with zero attached hydrogens (tertiary/aromatic N) is 1. The fourth-order valence-corrected chi connectivity index (χ4v) is 2.69. The van der Waals surface area contributed by atoms with Crippen molar-refractivity contribution < 1.29 is 14.2 Å². The van der Waals surface area contributed by atoms with Gasteiger partial charge in [-0.1, -0.05) is 12.1 Å². The van der Waals surface area contributed by atoms with Crippen molar-refractivity contribution in [3.05, 3.63) is 29.8 Å². The molecule has 2 atom stereocenters. The molecule has 4 nitrogen and oxygen atoms in total. The van der Waals surface area contributed by atoms with E-state index in [9.17, 15) is 0 Å². The largest absolute Gasteiger partial charge is 0.497 e. The molecular weight excluding hydrogens is 266 g/mol. The molecule has 1 fully saturated rings. The molecule has 21 heavy (non-hydrogen) atoms. The van der Waals surface area contributed by atoms with Gasteiger partial charge < -0.3 is 14.2 Å². The van der Waals surface area contributed by atoms with Crippen LogP contribution in [0.2, 0.25) is 0 Å². The van der Waals surface area contributed by atoms with Crippen LogP contribution >= 0.6 is 0 Å². The van der Waals surface area contributed by atoms with Crippen LogP contribution in [0, 0.1) is 0 Å². The van der Waals surface area contributed by atoms with E-state index in [4.69, 9.17) is 14.2 Å². The third-order valence-corrected chi connectivity index (χ3v) is 3.64. The normalized spacial score (nSPS) is 21.5. The van der Waals surface area contributed by atoms with E-state index in [-0.39, 0.29) is 11.7 Å². The maximum absolute atomic E-state index is 6.08. The lowest BCUT2D eigenvalue weighted by molar-refractivity contribution is -0.0795. The summed E-state index contributed by atoms with van der Waals surface area (Å²) in [6.07, 6.45) is 0.144. The van der Waals surface area contributed by atoms with Crippen LogP contribution < -0.4 is 4.74 Å². The van der Waals surface area contributed by atoms with Crippen LogP contribution in [0.15, 0.2) is 24.3 Å². The van der Waals surface area contributed by atoms with Crippen molar-refractivity contribution in [2.75, 3.05) is 20.4 Å². The summed E-state index contributed by atoms with van der Waals surface area (Å²) in [6, 6.07) is 8.49. The Balaban J connectivity index is 1.97. The first-order chi connectivity index (χ1) is 9.89. The molecule has 4 heteroatoms. The Morgan fingerprint density at radius 3 is 2.52 bits per heavy atom. The van der Waals surface area contributed by atoms with E-state index in [2.05, 4.69) is 44.7 Å². The van der Waals surface area contributed by atoms with Gasteiger partial charge in [-0.05, 0) is 45.4 Å². The lowest BCUT2D eigenvalue weighted by atomic mass is 10.1. The minimum atomic E-state index is -0.131. The smallest absolute Gasteiger partial charge is 0.118 e. The Kier molecular flexibility index (Phi) is 5.25. The van der Waals surface area contributed by atoms with E-state index >= 15 is 0 Å². The fourth-order valence-electron chi connectivity index (χ4n) is 2.69. The Morgan fingerprint density at radius 1 is 1.29 bits per heavy atom. The average Bonchev–Trinajstić information content (AvgIpc) is 2.86. The first-order valence-electron chi connectivity index (χ1n) is 7.51. The van der Waals surface area contributed by atoms with E-state index in [1.807, 2.05) is 12.1 Å².